The van der Waals surface area contributed by atoms with Crippen LogP contribution in [-0.2, 0) is 6.54 Å². The molecule has 150 valence electrons. The average molecular weight is 393 g/mol. The lowest BCUT2D eigenvalue weighted by molar-refractivity contribution is -0.274. The Morgan fingerprint density at radius 3 is 2.54 bits per heavy atom. The summed E-state index contributed by atoms with van der Waals surface area (Å²) in [5.74, 6) is 0.815. The van der Waals surface area contributed by atoms with Gasteiger partial charge in [0, 0.05) is 25.0 Å². The number of halogens is 3. The van der Waals surface area contributed by atoms with E-state index in [1.807, 2.05) is 12.1 Å². The molecule has 3 rings (SSSR count). The summed E-state index contributed by atoms with van der Waals surface area (Å²) in [5.41, 5.74) is 7.37. The molecule has 28 heavy (non-hydrogen) atoms. The molecule has 1 aromatic heterocycles. The van der Waals surface area contributed by atoms with E-state index in [4.69, 9.17) is 5.73 Å². The highest BCUT2D eigenvalue weighted by Crippen LogP contribution is 2.24. The Hall–Kier alpha value is -2.97. The van der Waals surface area contributed by atoms with Crippen LogP contribution in [0.1, 0.15) is 24.8 Å². The van der Waals surface area contributed by atoms with Gasteiger partial charge in [-0.15, -0.1) is 13.2 Å². The zero-order valence-electron chi connectivity index (χ0n) is 15.2. The topological polar surface area (TPSA) is 75.8 Å². The van der Waals surface area contributed by atoms with Gasteiger partial charge in [0.15, 0.2) is 5.96 Å². The maximum absolute atomic E-state index is 12.2. The first-order chi connectivity index (χ1) is 13.4. The standard InChI is InChI=1S/C19H22F3N5O/c20-19(21,22)28-16-6-4-15(5-7-16)26-18(23)25-13-14-8-9-24-17(12-14)27-10-2-1-3-11-27/h4-9,12H,1-3,10-11,13H2,(H3,23,25,26). The van der Waals surface area contributed by atoms with E-state index in [1.54, 1.807) is 6.20 Å². The van der Waals surface area contributed by atoms with Crippen molar-refractivity contribution in [2.24, 2.45) is 10.7 Å². The minimum atomic E-state index is -4.72. The number of nitrogens with zero attached hydrogens (tertiary/aromatic N) is 3. The highest BCUT2D eigenvalue weighted by molar-refractivity contribution is 5.92. The Balaban J connectivity index is 1.57. The molecule has 6 nitrogen and oxygen atoms in total. The lowest BCUT2D eigenvalue weighted by Gasteiger charge is -2.27. The van der Waals surface area contributed by atoms with Gasteiger partial charge in [0.05, 0.1) is 6.54 Å². The van der Waals surface area contributed by atoms with E-state index in [9.17, 15) is 13.2 Å². The number of hydrogen-bond acceptors (Lipinski definition) is 4. The van der Waals surface area contributed by atoms with E-state index >= 15 is 0 Å². The molecule has 0 atom stereocenters. The second-order valence-electron chi connectivity index (χ2n) is 6.47. The van der Waals surface area contributed by atoms with Crippen LogP contribution in [0.3, 0.4) is 0 Å². The van der Waals surface area contributed by atoms with Crippen molar-refractivity contribution in [1.29, 1.82) is 0 Å². The summed E-state index contributed by atoms with van der Waals surface area (Å²) in [6, 6.07) is 9.17. The largest absolute Gasteiger partial charge is 0.573 e. The molecular formula is C19H22F3N5O. The molecule has 1 saturated heterocycles. The summed E-state index contributed by atoms with van der Waals surface area (Å²) in [6.45, 7) is 2.40. The monoisotopic (exact) mass is 393 g/mol. The van der Waals surface area contributed by atoms with Gasteiger partial charge in [-0.3, -0.25) is 0 Å². The van der Waals surface area contributed by atoms with Crippen LogP contribution in [0.25, 0.3) is 0 Å². The molecule has 2 heterocycles. The molecule has 3 N–H and O–H groups in total. The van der Waals surface area contributed by atoms with E-state index in [1.165, 1.54) is 43.5 Å². The van der Waals surface area contributed by atoms with Crippen molar-refractivity contribution in [3.63, 3.8) is 0 Å². The number of nitrogens with two attached hydrogens (primary N) is 1. The number of pyridine rings is 1. The third kappa shape index (κ3) is 6.04. The molecule has 0 bridgehead atoms. The fraction of sp³-hybridized carbons (Fsp3) is 0.368. The van der Waals surface area contributed by atoms with Gasteiger partial charge < -0.3 is 20.7 Å². The summed E-state index contributed by atoms with van der Waals surface area (Å²) in [6.07, 6.45) is 0.651. The Kier molecular flexibility index (Phi) is 6.23. The van der Waals surface area contributed by atoms with Crippen molar-refractivity contribution in [2.75, 3.05) is 23.3 Å². The Morgan fingerprint density at radius 2 is 1.86 bits per heavy atom. The first-order valence-corrected chi connectivity index (χ1v) is 9.02. The van der Waals surface area contributed by atoms with Crippen molar-refractivity contribution < 1.29 is 17.9 Å². The number of aliphatic imine (C=N–C) groups is 1. The lowest BCUT2D eigenvalue weighted by atomic mass is 10.1. The van der Waals surface area contributed by atoms with Gasteiger partial charge in [-0.2, -0.15) is 0 Å². The number of nitrogens with one attached hydrogen (secondary N) is 1. The molecule has 0 unspecified atom stereocenters. The number of anilines is 2. The summed E-state index contributed by atoms with van der Waals surface area (Å²) in [5, 5.41) is 2.85. The number of piperidine rings is 1. The Morgan fingerprint density at radius 1 is 1.14 bits per heavy atom. The fourth-order valence-corrected chi connectivity index (χ4v) is 2.96. The van der Waals surface area contributed by atoms with Crippen molar-refractivity contribution in [3.05, 3.63) is 48.2 Å². The fourth-order valence-electron chi connectivity index (χ4n) is 2.96. The molecule has 0 radical (unpaired) electrons. The predicted octanol–water partition coefficient (Wildman–Crippen LogP) is 3.90. The van der Waals surface area contributed by atoms with Crippen molar-refractivity contribution in [3.8, 4) is 5.75 Å². The smallest absolute Gasteiger partial charge is 0.406 e. The van der Waals surface area contributed by atoms with Gasteiger partial charge in [-0.25, -0.2) is 9.98 Å². The maximum atomic E-state index is 12.2. The van der Waals surface area contributed by atoms with Gasteiger partial charge in [-0.1, -0.05) is 0 Å². The molecule has 1 aromatic carbocycles. The van der Waals surface area contributed by atoms with E-state index in [-0.39, 0.29) is 11.7 Å². The number of benzene rings is 1. The molecular weight excluding hydrogens is 371 g/mol. The number of hydrogen-bond donors (Lipinski definition) is 2. The van der Waals surface area contributed by atoms with Crippen LogP contribution in [0, 0.1) is 0 Å². The van der Waals surface area contributed by atoms with Crippen LogP contribution in [0.4, 0.5) is 24.7 Å². The number of aromatic nitrogens is 1. The van der Waals surface area contributed by atoms with E-state index < -0.39 is 6.36 Å². The van der Waals surface area contributed by atoms with E-state index in [2.05, 4.69) is 24.9 Å². The summed E-state index contributed by atoms with van der Waals surface area (Å²) in [4.78, 5) is 11.0. The summed E-state index contributed by atoms with van der Waals surface area (Å²) < 4.78 is 40.4. The summed E-state index contributed by atoms with van der Waals surface area (Å²) in [7, 11) is 0. The van der Waals surface area contributed by atoms with Crippen LogP contribution in [0.5, 0.6) is 5.75 Å². The normalized spacial score (nSPS) is 15.4. The van der Waals surface area contributed by atoms with Crippen LogP contribution < -0.4 is 20.7 Å². The van der Waals surface area contributed by atoms with Gasteiger partial charge in [0.25, 0.3) is 0 Å². The maximum Gasteiger partial charge on any atom is 0.573 e. The number of ether oxygens (including phenoxy) is 1. The van der Waals surface area contributed by atoms with E-state index in [0.29, 0.717) is 12.2 Å². The number of alkyl halides is 3. The first-order valence-electron chi connectivity index (χ1n) is 9.02. The van der Waals surface area contributed by atoms with Gasteiger partial charge in [0.2, 0.25) is 0 Å². The highest BCUT2D eigenvalue weighted by Gasteiger charge is 2.30. The molecule has 0 amide bonds. The molecule has 1 fully saturated rings. The SMILES string of the molecule is NC(=NCc1ccnc(N2CCCCC2)c1)Nc1ccc(OC(F)(F)F)cc1. The number of guanidine groups is 1. The van der Waals surface area contributed by atoms with Gasteiger partial charge >= 0.3 is 6.36 Å². The Labute approximate surface area is 161 Å². The van der Waals surface area contributed by atoms with Gasteiger partial charge in [-0.05, 0) is 61.2 Å². The molecule has 9 heteroatoms. The van der Waals surface area contributed by atoms with E-state index in [0.717, 1.165) is 24.5 Å². The Bertz CT molecular complexity index is 802. The van der Waals surface area contributed by atoms with Crippen molar-refractivity contribution in [2.45, 2.75) is 32.2 Å². The first kappa shape index (κ1) is 19.8. The quantitative estimate of drug-likeness (QED) is 0.595. The third-order valence-electron chi connectivity index (χ3n) is 4.28. The predicted molar refractivity (Wildman–Crippen MR) is 102 cm³/mol. The molecule has 0 spiro atoms. The minimum Gasteiger partial charge on any atom is -0.406 e. The molecule has 1 aliphatic heterocycles. The van der Waals surface area contributed by atoms with Crippen molar-refractivity contribution >= 4 is 17.5 Å². The van der Waals surface area contributed by atoms with Crippen LogP contribution >= 0.6 is 0 Å². The van der Waals surface area contributed by atoms with Gasteiger partial charge in [0.1, 0.15) is 11.6 Å². The molecule has 1 aliphatic rings. The highest BCUT2D eigenvalue weighted by atomic mass is 19.4. The zero-order chi connectivity index (χ0) is 20.0. The zero-order valence-corrected chi connectivity index (χ0v) is 15.2. The number of rotatable bonds is 5. The van der Waals surface area contributed by atoms with Crippen LogP contribution in [-0.4, -0.2) is 30.4 Å². The lowest BCUT2D eigenvalue weighted by Crippen LogP contribution is -2.30. The van der Waals surface area contributed by atoms with Crippen LogP contribution in [0.2, 0.25) is 0 Å². The molecule has 2 aromatic rings. The average Bonchev–Trinajstić information content (AvgIpc) is 2.68. The second kappa shape index (κ2) is 8.81. The second-order valence-corrected chi connectivity index (χ2v) is 6.47. The van der Waals surface area contributed by atoms with Crippen molar-refractivity contribution in [1.82, 2.24) is 4.98 Å². The third-order valence-corrected chi connectivity index (χ3v) is 4.28. The molecule has 0 aliphatic carbocycles. The van der Waals surface area contributed by atoms with Crippen LogP contribution in [0.15, 0.2) is 47.6 Å². The molecule has 0 saturated carbocycles. The summed E-state index contributed by atoms with van der Waals surface area (Å²) >= 11 is 0. The minimum absolute atomic E-state index is 0.167.